The molecule has 4 rings (SSSR count). The average Bonchev–Trinajstić information content (AvgIpc) is 3.25. The highest BCUT2D eigenvalue weighted by Gasteiger charge is 2.47. The number of carbonyl (C=O) groups is 1. The predicted octanol–water partition coefficient (Wildman–Crippen LogP) is 5.04. The number of anilines is 1. The maximum Gasteiger partial charge on any atom is 0.410 e. The summed E-state index contributed by atoms with van der Waals surface area (Å²) in [6, 6.07) is 12.2. The molecule has 0 saturated heterocycles. The van der Waals surface area contributed by atoms with Crippen molar-refractivity contribution in [2.45, 2.75) is 44.6 Å². The number of aryl methyl sites for hydroxylation is 1. The molecule has 2 aromatic carbocycles. The fourth-order valence-electron chi connectivity index (χ4n) is 3.95. The molecule has 1 aliphatic rings. The van der Waals surface area contributed by atoms with Gasteiger partial charge in [-0.3, -0.25) is 4.79 Å². The van der Waals surface area contributed by atoms with Crippen LogP contribution in [0, 0.1) is 0 Å². The Morgan fingerprint density at radius 2 is 1.82 bits per heavy atom. The molecule has 0 bridgehead atoms. The molecule has 9 heteroatoms. The molecule has 2 atom stereocenters. The van der Waals surface area contributed by atoms with E-state index < -0.39 is 24.2 Å². The van der Waals surface area contributed by atoms with E-state index in [2.05, 4.69) is 15.7 Å². The summed E-state index contributed by atoms with van der Waals surface area (Å²) in [6.07, 6.45) is -2.68. The van der Waals surface area contributed by atoms with E-state index >= 15 is 0 Å². The maximum atomic E-state index is 13.9. The fourth-order valence-corrected chi connectivity index (χ4v) is 3.95. The third kappa shape index (κ3) is 4.81. The van der Waals surface area contributed by atoms with Gasteiger partial charge in [0.1, 0.15) is 17.1 Å². The summed E-state index contributed by atoms with van der Waals surface area (Å²) in [4.78, 5) is 12.8. The lowest BCUT2D eigenvalue weighted by Gasteiger charge is -2.34. The third-order valence-corrected chi connectivity index (χ3v) is 5.89. The number of hydrogen-bond acceptors (Lipinski definition) is 4. The summed E-state index contributed by atoms with van der Waals surface area (Å²) >= 11 is 0. The van der Waals surface area contributed by atoms with Crippen LogP contribution in [0.3, 0.4) is 0 Å². The van der Waals surface area contributed by atoms with Gasteiger partial charge in [-0.1, -0.05) is 43.3 Å². The van der Waals surface area contributed by atoms with Gasteiger partial charge in [-0.25, -0.2) is 4.68 Å². The lowest BCUT2D eigenvalue weighted by molar-refractivity contribution is -0.173. The van der Waals surface area contributed by atoms with Crippen LogP contribution >= 0.6 is 0 Å². The summed E-state index contributed by atoms with van der Waals surface area (Å²) in [6.45, 7) is 2.24. The highest BCUT2D eigenvalue weighted by molar-refractivity contribution is 5.98. The molecule has 33 heavy (non-hydrogen) atoms. The molecule has 3 aromatic rings. The number of nitrogens with one attached hydrogen (secondary N) is 2. The lowest BCUT2D eigenvalue weighted by Crippen LogP contribution is -2.36. The van der Waals surface area contributed by atoms with Gasteiger partial charge >= 0.3 is 6.18 Å². The molecular formula is C24H25F3N4O2. The fraction of sp³-hybridized carbons (Fsp3) is 0.333. The summed E-state index contributed by atoms with van der Waals surface area (Å²) < 4.78 is 47.6. The zero-order chi connectivity index (χ0) is 23.6. The molecule has 0 unspecified atom stereocenters. The number of rotatable bonds is 6. The van der Waals surface area contributed by atoms with Crippen molar-refractivity contribution in [3.8, 4) is 5.75 Å². The first-order chi connectivity index (χ1) is 15.8. The number of ether oxygens (including phenoxy) is 1. The zero-order valence-electron chi connectivity index (χ0n) is 18.3. The highest BCUT2D eigenvalue weighted by Crippen LogP contribution is 2.44. The largest absolute Gasteiger partial charge is 0.497 e. The van der Waals surface area contributed by atoms with E-state index in [0.29, 0.717) is 5.75 Å². The first kappa shape index (κ1) is 22.7. The zero-order valence-corrected chi connectivity index (χ0v) is 18.3. The molecule has 1 amide bonds. The first-order valence-electron chi connectivity index (χ1n) is 10.7. The standard InChI is InChI=1S/C24H25F3N4O2/c1-3-15-4-8-17(9-5-15)20-12-21(24(25,26)27)31-22(30-20)19(14-29-31)23(32)28-13-16-6-10-18(33-2)11-7-16/h4-11,14,20-21,30H,3,12-13H2,1-2H3,(H,28,32)/t20-,21-/m0/s1. The highest BCUT2D eigenvalue weighted by atomic mass is 19.4. The molecule has 1 aliphatic heterocycles. The Labute approximate surface area is 189 Å². The molecule has 0 aliphatic carbocycles. The quantitative estimate of drug-likeness (QED) is 0.543. The molecule has 2 N–H and O–H groups in total. The number of methoxy groups -OCH3 is 1. The monoisotopic (exact) mass is 458 g/mol. The van der Waals surface area contributed by atoms with Crippen molar-refractivity contribution in [1.29, 1.82) is 0 Å². The van der Waals surface area contributed by atoms with Gasteiger partial charge in [0.15, 0.2) is 6.04 Å². The van der Waals surface area contributed by atoms with Crippen molar-refractivity contribution in [2.24, 2.45) is 0 Å². The van der Waals surface area contributed by atoms with Crippen molar-refractivity contribution < 1.29 is 22.7 Å². The average molecular weight is 458 g/mol. The number of alkyl halides is 3. The Morgan fingerprint density at radius 1 is 1.15 bits per heavy atom. The Kier molecular flexibility index (Phi) is 6.31. The van der Waals surface area contributed by atoms with E-state index in [1.807, 2.05) is 31.2 Å². The van der Waals surface area contributed by atoms with Gasteiger partial charge in [0.2, 0.25) is 0 Å². The van der Waals surface area contributed by atoms with Crippen LogP contribution in [-0.2, 0) is 13.0 Å². The molecule has 2 heterocycles. The van der Waals surface area contributed by atoms with Crippen molar-refractivity contribution >= 4 is 11.7 Å². The summed E-state index contributed by atoms with van der Waals surface area (Å²) in [7, 11) is 1.56. The van der Waals surface area contributed by atoms with Crippen LogP contribution < -0.4 is 15.4 Å². The van der Waals surface area contributed by atoms with Gasteiger partial charge in [0.05, 0.1) is 19.3 Å². The second-order valence-electron chi connectivity index (χ2n) is 7.97. The molecular weight excluding hydrogens is 433 g/mol. The number of benzene rings is 2. The second kappa shape index (κ2) is 9.17. The SMILES string of the molecule is CCc1ccc([C@@H]2C[C@@H](C(F)(F)F)n3ncc(C(=O)NCc4ccc(OC)cc4)c3N2)cc1. The molecule has 174 valence electrons. The van der Waals surface area contributed by atoms with Crippen LogP contribution in [0.25, 0.3) is 0 Å². The minimum Gasteiger partial charge on any atom is -0.497 e. The van der Waals surface area contributed by atoms with E-state index in [0.717, 1.165) is 27.8 Å². The predicted molar refractivity (Wildman–Crippen MR) is 118 cm³/mol. The normalized spacial score (nSPS) is 17.7. The molecule has 0 radical (unpaired) electrons. The van der Waals surface area contributed by atoms with Crippen molar-refractivity contribution in [1.82, 2.24) is 15.1 Å². The number of hydrogen-bond donors (Lipinski definition) is 2. The maximum absolute atomic E-state index is 13.9. The number of fused-ring (bicyclic) bond motifs is 1. The Morgan fingerprint density at radius 3 is 2.42 bits per heavy atom. The van der Waals surface area contributed by atoms with Crippen molar-refractivity contribution in [2.75, 3.05) is 12.4 Å². The van der Waals surface area contributed by atoms with Crippen LogP contribution in [0.2, 0.25) is 0 Å². The van der Waals surface area contributed by atoms with E-state index in [9.17, 15) is 18.0 Å². The van der Waals surface area contributed by atoms with Gasteiger partial charge in [0.25, 0.3) is 5.91 Å². The third-order valence-electron chi connectivity index (χ3n) is 5.89. The molecule has 1 aromatic heterocycles. The van der Waals surface area contributed by atoms with Crippen LogP contribution in [0.15, 0.2) is 54.7 Å². The van der Waals surface area contributed by atoms with Gasteiger partial charge < -0.3 is 15.4 Å². The minimum atomic E-state index is -4.50. The number of halogens is 3. The van der Waals surface area contributed by atoms with Crippen LogP contribution in [0.4, 0.5) is 19.0 Å². The van der Waals surface area contributed by atoms with Gasteiger partial charge in [-0.05, 0) is 35.2 Å². The Balaban J connectivity index is 1.57. The van der Waals surface area contributed by atoms with E-state index in [4.69, 9.17) is 4.74 Å². The van der Waals surface area contributed by atoms with Gasteiger partial charge in [0, 0.05) is 13.0 Å². The Bertz CT molecular complexity index is 1110. The van der Waals surface area contributed by atoms with Crippen LogP contribution in [-0.4, -0.2) is 29.0 Å². The lowest BCUT2D eigenvalue weighted by atomic mass is 9.95. The number of carbonyl (C=O) groups excluding carboxylic acids is 1. The van der Waals surface area contributed by atoms with E-state index in [-0.39, 0.29) is 24.3 Å². The number of nitrogens with zero attached hydrogens (tertiary/aromatic N) is 2. The number of aromatic nitrogens is 2. The first-order valence-corrected chi connectivity index (χ1v) is 10.7. The summed E-state index contributed by atoms with van der Waals surface area (Å²) in [5, 5.41) is 9.79. The van der Waals surface area contributed by atoms with E-state index in [1.54, 1.807) is 31.4 Å². The van der Waals surface area contributed by atoms with Crippen LogP contribution in [0.1, 0.15) is 52.5 Å². The smallest absolute Gasteiger partial charge is 0.410 e. The molecule has 0 spiro atoms. The number of amides is 1. The van der Waals surface area contributed by atoms with Crippen molar-refractivity contribution in [3.05, 3.63) is 77.0 Å². The minimum absolute atomic E-state index is 0.0698. The molecule has 0 saturated carbocycles. The Hall–Kier alpha value is -3.49. The molecule has 0 fully saturated rings. The second-order valence-corrected chi connectivity index (χ2v) is 7.97. The van der Waals surface area contributed by atoms with Gasteiger partial charge in [-0.2, -0.15) is 18.3 Å². The van der Waals surface area contributed by atoms with Gasteiger partial charge in [-0.15, -0.1) is 0 Å². The van der Waals surface area contributed by atoms with E-state index in [1.165, 1.54) is 6.20 Å². The summed E-state index contributed by atoms with van der Waals surface area (Å²) in [5.74, 6) is 0.263. The van der Waals surface area contributed by atoms with Crippen molar-refractivity contribution in [3.63, 3.8) is 0 Å². The summed E-state index contributed by atoms with van der Waals surface area (Å²) in [5.41, 5.74) is 2.75. The molecule has 6 nitrogen and oxygen atoms in total. The van der Waals surface area contributed by atoms with Crippen LogP contribution in [0.5, 0.6) is 5.75 Å². The topological polar surface area (TPSA) is 68.2 Å².